The highest BCUT2D eigenvalue weighted by Crippen LogP contribution is 2.14. The zero-order valence-corrected chi connectivity index (χ0v) is 12.4. The Balaban J connectivity index is 2.03. The third-order valence-corrected chi connectivity index (χ3v) is 3.05. The fraction of sp³-hybridized carbons (Fsp3) is 0.133. The summed E-state index contributed by atoms with van der Waals surface area (Å²) in [7, 11) is 1.72. The Bertz CT molecular complexity index is 649. The lowest BCUT2D eigenvalue weighted by atomic mass is 10.1. The van der Waals surface area contributed by atoms with Crippen molar-refractivity contribution in [3.05, 3.63) is 59.1 Å². The van der Waals surface area contributed by atoms with Gasteiger partial charge < -0.3 is 11.1 Å². The van der Waals surface area contributed by atoms with Gasteiger partial charge in [-0.15, -0.1) is 0 Å². The molecule has 1 aromatic heterocycles. The highest BCUT2D eigenvalue weighted by atomic mass is 35.5. The van der Waals surface area contributed by atoms with Gasteiger partial charge in [0.15, 0.2) is 0 Å². The summed E-state index contributed by atoms with van der Waals surface area (Å²) < 4.78 is 0. The first-order valence-corrected chi connectivity index (χ1v) is 6.75. The van der Waals surface area contributed by atoms with Crippen molar-refractivity contribution in [1.82, 2.24) is 9.97 Å². The first-order chi connectivity index (χ1) is 10.2. The molecule has 21 heavy (non-hydrogen) atoms. The topological polar surface area (TPSA) is 76.2 Å². The van der Waals surface area contributed by atoms with Crippen LogP contribution in [0.5, 0.6) is 0 Å². The van der Waals surface area contributed by atoms with Crippen molar-refractivity contribution in [2.45, 2.75) is 6.54 Å². The molecule has 0 saturated carbocycles. The SMILES string of the molecule is CN=C/C(=C\N)c1ccc(CNc2cc(Cl)ncn2)cc1. The van der Waals surface area contributed by atoms with Gasteiger partial charge in [0.25, 0.3) is 0 Å². The molecule has 1 heterocycles. The molecule has 0 amide bonds. The van der Waals surface area contributed by atoms with Crippen LogP contribution in [0.3, 0.4) is 0 Å². The molecule has 6 heteroatoms. The average molecular weight is 302 g/mol. The highest BCUT2D eigenvalue weighted by Gasteiger charge is 2.00. The van der Waals surface area contributed by atoms with Crippen LogP contribution in [0.25, 0.3) is 5.57 Å². The lowest BCUT2D eigenvalue weighted by Crippen LogP contribution is -2.01. The van der Waals surface area contributed by atoms with Gasteiger partial charge in [-0.2, -0.15) is 0 Å². The lowest BCUT2D eigenvalue weighted by Gasteiger charge is -2.07. The predicted molar refractivity (Wildman–Crippen MR) is 87.4 cm³/mol. The summed E-state index contributed by atoms with van der Waals surface area (Å²) in [4.78, 5) is 11.9. The van der Waals surface area contributed by atoms with Crippen LogP contribution in [0.2, 0.25) is 5.15 Å². The number of aliphatic imine (C=N–C) groups is 1. The maximum atomic E-state index is 5.81. The Hall–Kier alpha value is -2.40. The minimum absolute atomic E-state index is 0.416. The Morgan fingerprint density at radius 3 is 2.71 bits per heavy atom. The van der Waals surface area contributed by atoms with E-state index in [0.717, 1.165) is 16.7 Å². The molecule has 2 aromatic rings. The smallest absolute Gasteiger partial charge is 0.134 e. The Morgan fingerprint density at radius 1 is 1.33 bits per heavy atom. The molecule has 0 atom stereocenters. The van der Waals surface area contributed by atoms with E-state index in [1.54, 1.807) is 25.5 Å². The van der Waals surface area contributed by atoms with Crippen LogP contribution < -0.4 is 11.1 Å². The molecule has 3 N–H and O–H groups in total. The number of nitrogens with one attached hydrogen (secondary N) is 1. The van der Waals surface area contributed by atoms with Crippen LogP contribution in [-0.2, 0) is 6.54 Å². The fourth-order valence-electron chi connectivity index (χ4n) is 1.79. The van der Waals surface area contributed by atoms with Crippen LogP contribution >= 0.6 is 11.6 Å². The second-order valence-electron chi connectivity index (χ2n) is 4.29. The van der Waals surface area contributed by atoms with E-state index in [0.29, 0.717) is 17.5 Å². The van der Waals surface area contributed by atoms with Crippen LogP contribution in [0, 0.1) is 0 Å². The van der Waals surface area contributed by atoms with Crippen molar-refractivity contribution < 1.29 is 0 Å². The Kier molecular flexibility index (Phi) is 5.29. The third kappa shape index (κ3) is 4.29. The Labute approximate surface area is 128 Å². The zero-order chi connectivity index (χ0) is 15.1. The molecule has 0 fully saturated rings. The summed E-state index contributed by atoms with van der Waals surface area (Å²) in [5.41, 5.74) is 8.62. The van der Waals surface area contributed by atoms with Gasteiger partial charge in [0.1, 0.15) is 17.3 Å². The van der Waals surface area contributed by atoms with E-state index in [-0.39, 0.29) is 0 Å². The largest absolute Gasteiger partial charge is 0.404 e. The molecule has 0 aliphatic carbocycles. The first-order valence-electron chi connectivity index (χ1n) is 6.37. The van der Waals surface area contributed by atoms with Crippen LogP contribution in [-0.4, -0.2) is 23.2 Å². The molecule has 0 aliphatic heterocycles. The average Bonchev–Trinajstić information content (AvgIpc) is 2.51. The standard InChI is InChI=1S/C15H16ClN5/c1-18-9-13(7-17)12-4-2-11(3-5-12)8-19-15-6-14(16)20-10-21-15/h2-7,9-10H,8,17H2,1H3,(H,19,20,21)/b13-7+,18-9?. The number of nitrogens with zero attached hydrogens (tertiary/aromatic N) is 3. The molecule has 0 bridgehead atoms. The highest BCUT2D eigenvalue weighted by molar-refractivity contribution is 6.29. The van der Waals surface area contributed by atoms with Gasteiger partial charge in [0.2, 0.25) is 0 Å². The maximum Gasteiger partial charge on any atom is 0.134 e. The minimum Gasteiger partial charge on any atom is -0.404 e. The number of anilines is 1. The summed E-state index contributed by atoms with van der Waals surface area (Å²) in [5, 5.41) is 3.60. The molecule has 0 unspecified atom stereocenters. The number of rotatable bonds is 5. The molecule has 0 aliphatic rings. The maximum absolute atomic E-state index is 5.81. The summed E-state index contributed by atoms with van der Waals surface area (Å²) in [5.74, 6) is 0.694. The second-order valence-corrected chi connectivity index (χ2v) is 4.67. The van der Waals surface area contributed by atoms with Gasteiger partial charge in [-0.25, -0.2) is 9.97 Å². The molecular formula is C15H16ClN5. The second kappa shape index (κ2) is 7.40. The molecule has 1 aromatic carbocycles. The van der Waals surface area contributed by atoms with Crippen LogP contribution in [0.15, 0.2) is 47.9 Å². The van der Waals surface area contributed by atoms with Crippen LogP contribution in [0.4, 0.5) is 5.82 Å². The Morgan fingerprint density at radius 2 is 2.10 bits per heavy atom. The molecule has 0 radical (unpaired) electrons. The van der Waals surface area contributed by atoms with E-state index in [2.05, 4.69) is 20.3 Å². The van der Waals surface area contributed by atoms with E-state index in [9.17, 15) is 0 Å². The number of hydrogen-bond acceptors (Lipinski definition) is 5. The quantitative estimate of drug-likeness (QED) is 0.657. The van der Waals surface area contributed by atoms with Gasteiger partial charge in [-0.05, 0) is 11.1 Å². The summed E-state index contributed by atoms with van der Waals surface area (Å²) in [6, 6.07) is 9.74. The van der Waals surface area contributed by atoms with Gasteiger partial charge in [-0.1, -0.05) is 35.9 Å². The van der Waals surface area contributed by atoms with Crippen molar-refractivity contribution in [3.63, 3.8) is 0 Å². The number of halogens is 1. The minimum atomic E-state index is 0.416. The summed E-state index contributed by atoms with van der Waals surface area (Å²) >= 11 is 5.81. The number of allylic oxidation sites excluding steroid dienone is 1. The van der Waals surface area contributed by atoms with Crippen LogP contribution in [0.1, 0.15) is 11.1 Å². The first kappa shape index (κ1) is 15.0. The van der Waals surface area contributed by atoms with Gasteiger partial charge in [0.05, 0.1) is 0 Å². The lowest BCUT2D eigenvalue weighted by molar-refractivity contribution is 1.08. The molecule has 5 nitrogen and oxygen atoms in total. The number of nitrogens with two attached hydrogens (primary N) is 1. The number of hydrogen-bond donors (Lipinski definition) is 2. The van der Waals surface area contributed by atoms with E-state index in [4.69, 9.17) is 17.3 Å². The fourth-order valence-corrected chi connectivity index (χ4v) is 1.94. The zero-order valence-electron chi connectivity index (χ0n) is 11.6. The van der Waals surface area contributed by atoms with E-state index in [1.165, 1.54) is 6.33 Å². The van der Waals surface area contributed by atoms with Crippen molar-refractivity contribution >= 4 is 29.2 Å². The number of aromatic nitrogens is 2. The third-order valence-electron chi connectivity index (χ3n) is 2.84. The van der Waals surface area contributed by atoms with Crippen molar-refractivity contribution in [2.24, 2.45) is 10.7 Å². The number of benzene rings is 1. The van der Waals surface area contributed by atoms with Crippen molar-refractivity contribution in [2.75, 3.05) is 12.4 Å². The van der Waals surface area contributed by atoms with Crippen molar-refractivity contribution in [1.29, 1.82) is 0 Å². The molecule has 108 valence electrons. The van der Waals surface area contributed by atoms with E-state index in [1.807, 2.05) is 24.3 Å². The molecule has 2 rings (SSSR count). The molecule has 0 saturated heterocycles. The van der Waals surface area contributed by atoms with Gasteiger partial charge >= 0.3 is 0 Å². The monoisotopic (exact) mass is 301 g/mol. The van der Waals surface area contributed by atoms with E-state index >= 15 is 0 Å². The normalized spacial score (nSPS) is 11.8. The van der Waals surface area contributed by atoms with Gasteiger partial charge in [-0.3, -0.25) is 4.99 Å². The summed E-state index contributed by atoms with van der Waals surface area (Å²) in [6.07, 6.45) is 4.70. The van der Waals surface area contributed by atoms with Gasteiger partial charge in [0, 0.05) is 37.6 Å². The predicted octanol–water partition coefficient (Wildman–Crippen LogP) is 2.74. The molecular weight excluding hydrogens is 286 g/mol. The van der Waals surface area contributed by atoms with E-state index < -0.39 is 0 Å². The molecule has 0 spiro atoms. The summed E-state index contributed by atoms with van der Waals surface area (Å²) in [6.45, 7) is 0.650. The van der Waals surface area contributed by atoms with Crippen molar-refractivity contribution in [3.8, 4) is 0 Å².